The predicted octanol–water partition coefficient (Wildman–Crippen LogP) is 8.61. The second kappa shape index (κ2) is 15.7. The quantitative estimate of drug-likeness (QED) is 0.108. The summed E-state index contributed by atoms with van der Waals surface area (Å²) in [6, 6.07) is 13.8. The molecular formula is C49H54F2N8O6. The number of amides is 4. The summed E-state index contributed by atoms with van der Waals surface area (Å²) in [7, 11) is 2.54. The fourth-order valence-electron chi connectivity index (χ4n) is 11.0. The van der Waals surface area contributed by atoms with Gasteiger partial charge in [0.25, 0.3) is 5.92 Å². The number of aromatic nitrogens is 4. The lowest BCUT2D eigenvalue weighted by Gasteiger charge is -2.37. The van der Waals surface area contributed by atoms with Crippen LogP contribution >= 0.6 is 0 Å². The Hall–Kier alpha value is -6.32. The molecule has 0 radical (unpaired) electrons. The Morgan fingerprint density at radius 1 is 0.785 bits per heavy atom. The van der Waals surface area contributed by atoms with E-state index in [1.54, 1.807) is 29.3 Å². The lowest BCUT2D eigenvalue weighted by atomic mass is 9.95. The van der Waals surface area contributed by atoms with Crippen molar-refractivity contribution in [2.75, 3.05) is 20.8 Å². The van der Waals surface area contributed by atoms with Crippen molar-refractivity contribution in [3.63, 3.8) is 0 Å². The number of nitrogens with one attached hydrogen (secondary N) is 4. The maximum absolute atomic E-state index is 16.7. The Balaban J connectivity index is 0.896. The zero-order valence-corrected chi connectivity index (χ0v) is 37.3. The lowest BCUT2D eigenvalue weighted by molar-refractivity contribution is -0.139. The number of rotatable bonds is 10. The molecule has 2 aliphatic heterocycles. The van der Waals surface area contributed by atoms with Crippen LogP contribution in [0.3, 0.4) is 0 Å². The van der Waals surface area contributed by atoms with Gasteiger partial charge < -0.3 is 39.9 Å². The highest BCUT2D eigenvalue weighted by atomic mass is 19.3. The molecule has 5 aromatic rings. The standard InChI is InChI=1S/C49H54F2N8O6/c1-24(2)39(56-46(62)64-5)44(60)58-23-48(15-16-48)21-38(58)42-52-22-37(55-42)28-9-13-32-31-12-8-26(18-33(31)49(50,51)34(32)19-28)27-10-14-35-36(20-27)54-43(53-35)41-29-7-11-30(17-29)59(41)45(61)40(25(3)4)57-47(63)65-6/h8-10,12-14,18-20,22,24-25,29-30,38-41H,7,11,15-17,21,23H2,1-6H3,(H,52,55)(H,53,54)(H,56,62)(H,57,63)/t29?,30?,38-,39-,40-,41-/m0/s1. The van der Waals surface area contributed by atoms with Gasteiger partial charge >= 0.3 is 12.2 Å². The molecule has 340 valence electrons. The molecule has 2 aromatic heterocycles. The van der Waals surface area contributed by atoms with Crippen LogP contribution in [0.25, 0.3) is 44.5 Å². The molecule has 2 saturated heterocycles. The number of piperidine rings is 1. The Bertz CT molecular complexity index is 2740. The van der Waals surface area contributed by atoms with Gasteiger partial charge in [-0.3, -0.25) is 9.59 Å². The molecule has 10 rings (SSSR count). The maximum Gasteiger partial charge on any atom is 0.407 e. The first-order valence-corrected chi connectivity index (χ1v) is 22.6. The zero-order chi connectivity index (χ0) is 45.7. The average Bonchev–Trinajstić information content (AvgIpc) is 3.95. The average molecular weight is 889 g/mol. The van der Waals surface area contributed by atoms with Crippen LogP contribution in [0.4, 0.5) is 18.4 Å². The number of ether oxygens (including phenoxy) is 2. The van der Waals surface area contributed by atoms with Gasteiger partial charge in [0.15, 0.2) is 0 Å². The number of benzene rings is 3. The molecule has 4 fully saturated rings. The number of alkyl carbamates (subject to hydrolysis) is 2. The number of aromatic amines is 2. The Kier molecular flexibility index (Phi) is 10.3. The van der Waals surface area contributed by atoms with Crippen molar-refractivity contribution in [3.8, 4) is 33.5 Å². The summed E-state index contributed by atoms with van der Waals surface area (Å²) >= 11 is 0. The van der Waals surface area contributed by atoms with E-state index in [1.165, 1.54) is 20.3 Å². The summed E-state index contributed by atoms with van der Waals surface area (Å²) < 4.78 is 43.0. The minimum atomic E-state index is -3.29. The number of nitrogens with zero attached hydrogens (tertiary/aromatic N) is 4. The molecule has 65 heavy (non-hydrogen) atoms. The van der Waals surface area contributed by atoms with Gasteiger partial charge in [0.05, 0.1) is 49.2 Å². The number of alkyl halides is 2. The maximum atomic E-state index is 16.7. The van der Waals surface area contributed by atoms with Gasteiger partial charge in [-0.2, -0.15) is 8.78 Å². The molecular weight excluding hydrogens is 835 g/mol. The third-order valence-electron chi connectivity index (χ3n) is 14.7. The van der Waals surface area contributed by atoms with Gasteiger partial charge in [0.2, 0.25) is 11.8 Å². The lowest BCUT2D eigenvalue weighted by Crippen LogP contribution is -2.54. The van der Waals surface area contributed by atoms with Crippen molar-refractivity contribution in [2.24, 2.45) is 23.2 Å². The number of halogens is 2. The minimum Gasteiger partial charge on any atom is -0.453 e. The second-order valence-corrected chi connectivity index (χ2v) is 19.4. The second-order valence-electron chi connectivity index (χ2n) is 19.4. The van der Waals surface area contributed by atoms with Crippen LogP contribution in [0.5, 0.6) is 0 Å². The molecule has 4 N–H and O–H groups in total. The van der Waals surface area contributed by atoms with Gasteiger partial charge in [-0.05, 0) is 108 Å². The number of likely N-dealkylation sites (tertiary alicyclic amines) is 2. The Morgan fingerprint density at radius 3 is 2.05 bits per heavy atom. The number of hydrogen-bond acceptors (Lipinski definition) is 8. The molecule has 3 aromatic carbocycles. The van der Waals surface area contributed by atoms with E-state index in [4.69, 9.17) is 19.4 Å². The number of H-pyrrole nitrogens is 2. The topological polar surface area (TPSA) is 175 Å². The number of fused-ring (bicyclic) bond motifs is 6. The molecule has 2 bridgehead atoms. The SMILES string of the molecule is COC(=O)N[C@H](C(=O)N1CC2(CC2)C[C@H]1c1ncc(-c2ccc3c(c2)C(F)(F)c2cc(-c4ccc5nc([C@@H]6C7CCC(C7)N6C(=O)[C@@H](NC(=O)OC)C(C)C)[nH]c5c4)ccc2-3)[nH]1)C(C)C. The van der Waals surface area contributed by atoms with Crippen LogP contribution in [0.2, 0.25) is 0 Å². The normalized spacial score (nSPS) is 22.9. The van der Waals surface area contributed by atoms with Crippen molar-refractivity contribution < 1.29 is 37.4 Å². The summed E-state index contributed by atoms with van der Waals surface area (Å²) in [6.07, 6.45) is 5.75. The summed E-state index contributed by atoms with van der Waals surface area (Å²) in [6.45, 7) is 8.09. The van der Waals surface area contributed by atoms with Crippen LogP contribution in [-0.4, -0.2) is 92.6 Å². The number of imidazole rings is 2. The fourth-order valence-corrected chi connectivity index (χ4v) is 11.0. The van der Waals surface area contributed by atoms with Crippen LogP contribution in [-0.2, 0) is 25.0 Å². The Morgan fingerprint density at radius 2 is 1.40 bits per heavy atom. The van der Waals surface area contributed by atoms with E-state index in [0.717, 1.165) is 49.6 Å². The van der Waals surface area contributed by atoms with Crippen molar-refractivity contribution >= 4 is 35.0 Å². The molecule has 4 heterocycles. The third kappa shape index (κ3) is 7.19. The molecule has 1 spiro atoms. The fraction of sp³-hybridized carbons (Fsp3) is 0.469. The van der Waals surface area contributed by atoms with Crippen LogP contribution in [0.15, 0.2) is 60.8 Å². The Labute approximate surface area is 375 Å². The molecule has 5 aliphatic rings. The van der Waals surface area contributed by atoms with E-state index < -0.39 is 30.2 Å². The smallest absolute Gasteiger partial charge is 0.407 e. The molecule has 2 unspecified atom stereocenters. The molecule has 16 heteroatoms. The summed E-state index contributed by atoms with van der Waals surface area (Å²) in [5.74, 6) is -2.53. The first-order valence-electron chi connectivity index (χ1n) is 22.6. The number of hydrogen-bond donors (Lipinski definition) is 4. The van der Waals surface area contributed by atoms with Crippen molar-refractivity contribution in [1.82, 2.24) is 40.4 Å². The molecule has 2 saturated carbocycles. The minimum absolute atomic E-state index is 0.0102. The molecule has 3 aliphatic carbocycles. The highest BCUT2D eigenvalue weighted by molar-refractivity contribution is 5.89. The van der Waals surface area contributed by atoms with E-state index in [2.05, 4.69) is 20.6 Å². The van der Waals surface area contributed by atoms with Gasteiger partial charge in [-0.1, -0.05) is 58.0 Å². The van der Waals surface area contributed by atoms with Crippen LogP contribution in [0, 0.1) is 23.2 Å². The van der Waals surface area contributed by atoms with E-state index in [-0.39, 0.29) is 64.2 Å². The van der Waals surface area contributed by atoms with E-state index in [9.17, 15) is 19.2 Å². The van der Waals surface area contributed by atoms with E-state index in [0.29, 0.717) is 51.7 Å². The first-order chi connectivity index (χ1) is 31.1. The van der Waals surface area contributed by atoms with Crippen LogP contribution < -0.4 is 10.6 Å². The zero-order valence-electron chi connectivity index (χ0n) is 37.3. The number of carbonyl (C=O) groups excluding carboxylic acids is 4. The monoisotopic (exact) mass is 888 g/mol. The molecule has 4 amide bonds. The van der Waals surface area contributed by atoms with E-state index in [1.807, 2.05) is 62.9 Å². The van der Waals surface area contributed by atoms with Gasteiger partial charge in [0.1, 0.15) is 23.7 Å². The highest BCUT2D eigenvalue weighted by Crippen LogP contribution is 2.59. The summed E-state index contributed by atoms with van der Waals surface area (Å²) in [5, 5.41) is 5.43. The van der Waals surface area contributed by atoms with Gasteiger partial charge in [0, 0.05) is 29.3 Å². The van der Waals surface area contributed by atoms with Crippen molar-refractivity contribution in [3.05, 3.63) is 83.6 Å². The summed E-state index contributed by atoms with van der Waals surface area (Å²) in [5.41, 5.74) is 4.68. The predicted molar refractivity (Wildman–Crippen MR) is 237 cm³/mol. The number of carbonyl (C=O) groups is 4. The van der Waals surface area contributed by atoms with Crippen LogP contribution in [0.1, 0.15) is 101 Å². The van der Waals surface area contributed by atoms with Crippen molar-refractivity contribution in [2.45, 2.75) is 102 Å². The molecule has 6 atom stereocenters. The third-order valence-corrected chi connectivity index (χ3v) is 14.7. The van der Waals surface area contributed by atoms with Crippen molar-refractivity contribution in [1.29, 1.82) is 0 Å². The van der Waals surface area contributed by atoms with Gasteiger partial charge in [-0.15, -0.1) is 0 Å². The van der Waals surface area contributed by atoms with Gasteiger partial charge in [-0.25, -0.2) is 19.6 Å². The highest BCUT2D eigenvalue weighted by Gasteiger charge is 2.56. The first kappa shape index (κ1) is 42.6. The summed E-state index contributed by atoms with van der Waals surface area (Å²) in [4.78, 5) is 72.6. The largest absolute Gasteiger partial charge is 0.453 e. The molecule has 14 nitrogen and oxygen atoms in total. The van der Waals surface area contributed by atoms with E-state index >= 15 is 8.78 Å². The number of methoxy groups -OCH3 is 2.